The zero-order valence-electron chi connectivity index (χ0n) is 12.7. The first-order chi connectivity index (χ1) is 11.7. The van der Waals surface area contributed by atoms with Crippen molar-refractivity contribution >= 4 is 28.4 Å². The Labute approximate surface area is 138 Å². The highest BCUT2D eigenvalue weighted by molar-refractivity contribution is 6.08. The van der Waals surface area contributed by atoms with Gasteiger partial charge in [0.05, 0.1) is 11.2 Å². The van der Waals surface area contributed by atoms with Crippen LogP contribution in [0.5, 0.6) is 0 Å². The molecule has 0 amide bonds. The number of amidine groups is 1. The van der Waals surface area contributed by atoms with Crippen LogP contribution in [-0.2, 0) is 0 Å². The molecule has 118 valence electrons. The quantitative estimate of drug-likeness (QED) is 0.335. The first kappa shape index (κ1) is 15.3. The highest BCUT2D eigenvalue weighted by Crippen LogP contribution is 2.19. The molecule has 1 aromatic heterocycles. The zero-order valence-corrected chi connectivity index (χ0v) is 12.7. The summed E-state index contributed by atoms with van der Waals surface area (Å²) < 4.78 is 0. The number of nitrogens with zero attached hydrogens (tertiary/aromatic N) is 5. The van der Waals surface area contributed by atoms with Crippen LogP contribution >= 0.6 is 0 Å². The number of rotatable bonds is 3. The van der Waals surface area contributed by atoms with Crippen molar-refractivity contribution in [3.63, 3.8) is 0 Å². The van der Waals surface area contributed by atoms with Gasteiger partial charge >= 0.3 is 0 Å². The van der Waals surface area contributed by atoms with Crippen LogP contribution in [0.15, 0.2) is 87.3 Å². The molecule has 0 radical (unpaired) electrons. The molecule has 0 fully saturated rings. The Bertz CT molecular complexity index is 921. The Hall–Kier alpha value is -3.61. The molecule has 24 heavy (non-hydrogen) atoms. The highest BCUT2D eigenvalue weighted by Gasteiger charge is 2.09. The van der Waals surface area contributed by atoms with Gasteiger partial charge in [-0.25, -0.2) is 0 Å². The monoisotopic (exact) mass is 317 g/mol. The van der Waals surface area contributed by atoms with Gasteiger partial charge in [0.1, 0.15) is 0 Å². The molecular weight excluding hydrogens is 302 g/mol. The second-order valence-corrected chi connectivity index (χ2v) is 4.86. The summed E-state index contributed by atoms with van der Waals surface area (Å²) in [7, 11) is 0. The Balaban J connectivity index is 2.09. The number of benzene rings is 2. The van der Waals surface area contributed by atoms with Gasteiger partial charge in [-0.2, -0.15) is 0 Å². The average molecular weight is 317 g/mol. The van der Waals surface area contributed by atoms with Gasteiger partial charge in [0.25, 0.3) is 0 Å². The van der Waals surface area contributed by atoms with Gasteiger partial charge < -0.3 is 11.5 Å². The second kappa shape index (κ2) is 7.10. The fraction of sp³-hybridized carbons (Fsp3) is 0. The van der Waals surface area contributed by atoms with Crippen LogP contribution in [-0.4, -0.2) is 16.8 Å². The van der Waals surface area contributed by atoms with Crippen molar-refractivity contribution in [2.45, 2.75) is 0 Å². The molecule has 0 bridgehead atoms. The van der Waals surface area contributed by atoms with E-state index < -0.39 is 0 Å². The Kier molecular flexibility index (Phi) is 4.52. The van der Waals surface area contributed by atoms with Crippen LogP contribution < -0.4 is 11.5 Å². The predicted molar refractivity (Wildman–Crippen MR) is 95.0 cm³/mol. The van der Waals surface area contributed by atoms with E-state index in [0.29, 0.717) is 11.3 Å². The van der Waals surface area contributed by atoms with Gasteiger partial charge in [-0.15, -0.1) is 20.4 Å². The van der Waals surface area contributed by atoms with Crippen molar-refractivity contribution < 1.29 is 0 Å². The minimum Gasteiger partial charge on any atom is -0.369 e. The summed E-state index contributed by atoms with van der Waals surface area (Å²) in [6.45, 7) is 0. The largest absolute Gasteiger partial charge is 0.369 e. The van der Waals surface area contributed by atoms with E-state index in [1.807, 2.05) is 60.7 Å². The summed E-state index contributed by atoms with van der Waals surface area (Å²) in [6.07, 6.45) is 1.71. The number of aromatic nitrogens is 1. The molecule has 0 aliphatic heterocycles. The fourth-order valence-electron chi connectivity index (χ4n) is 2.12. The molecule has 0 aliphatic carbocycles. The number of hydrogen-bond acceptors (Lipinski definition) is 4. The molecule has 7 nitrogen and oxygen atoms in total. The molecule has 3 aromatic rings. The number of pyridine rings is 1. The number of nitrogens with two attached hydrogens (primary N) is 2. The lowest BCUT2D eigenvalue weighted by atomic mass is 10.1. The molecule has 7 heteroatoms. The second-order valence-electron chi connectivity index (χ2n) is 4.86. The molecule has 4 N–H and O–H groups in total. The van der Waals surface area contributed by atoms with E-state index in [-0.39, 0.29) is 11.8 Å². The van der Waals surface area contributed by atoms with E-state index in [1.54, 1.807) is 6.20 Å². The summed E-state index contributed by atoms with van der Waals surface area (Å²) in [5.74, 6) is 0.118. The lowest BCUT2D eigenvalue weighted by Gasteiger charge is -2.03. The van der Waals surface area contributed by atoms with Gasteiger partial charge in [0, 0.05) is 17.1 Å². The maximum atomic E-state index is 5.37. The summed E-state index contributed by atoms with van der Waals surface area (Å²) in [5.41, 5.74) is 12.9. The number of para-hydroxylation sites is 1. The van der Waals surface area contributed by atoms with Crippen LogP contribution in [0.3, 0.4) is 0 Å². The van der Waals surface area contributed by atoms with Crippen molar-refractivity contribution in [1.29, 1.82) is 0 Å². The third-order valence-corrected chi connectivity index (χ3v) is 3.15. The average Bonchev–Trinajstić information content (AvgIpc) is 2.62. The van der Waals surface area contributed by atoms with Crippen LogP contribution in [0.25, 0.3) is 10.9 Å². The van der Waals surface area contributed by atoms with Crippen molar-refractivity contribution in [2.24, 2.45) is 31.9 Å². The summed E-state index contributed by atoms with van der Waals surface area (Å²) in [5, 5.41) is 17.1. The standard InChI is InChI=1S/C17H15N7/c18-17(19)24-23-16(22-21-13-8-2-1-3-9-13)14-10-4-6-12-7-5-11-20-15(12)14/h1-11H,(H4,18,19,24)/b22-21?,23-16+. The molecule has 0 saturated heterocycles. The van der Waals surface area contributed by atoms with Crippen molar-refractivity contribution in [1.82, 2.24) is 4.98 Å². The van der Waals surface area contributed by atoms with E-state index in [9.17, 15) is 0 Å². The summed E-state index contributed by atoms with van der Waals surface area (Å²) >= 11 is 0. The molecular formula is C17H15N7. The first-order valence-electron chi connectivity index (χ1n) is 7.21. The van der Waals surface area contributed by atoms with Crippen molar-refractivity contribution in [2.75, 3.05) is 0 Å². The van der Waals surface area contributed by atoms with Gasteiger partial charge in [0.2, 0.25) is 11.8 Å². The van der Waals surface area contributed by atoms with Gasteiger partial charge in [-0.1, -0.05) is 36.4 Å². The van der Waals surface area contributed by atoms with E-state index in [0.717, 1.165) is 10.9 Å². The predicted octanol–water partition coefficient (Wildman–Crippen LogP) is 2.95. The number of fused-ring (bicyclic) bond motifs is 1. The van der Waals surface area contributed by atoms with Crippen LogP contribution in [0.4, 0.5) is 5.69 Å². The molecule has 0 spiro atoms. The van der Waals surface area contributed by atoms with E-state index in [1.165, 1.54) is 0 Å². The smallest absolute Gasteiger partial charge is 0.211 e. The molecule has 0 atom stereocenters. The van der Waals surface area contributed by atoms with Gasteiger partial charge in [-0.3, -0.25) is 4.98 Å². The molecule has 0 aliphatic rings. The van der Waals surface area contributed by atoms with Gasteiger partial charge in [0.15, 0.2) is 0 Å². The first-order valence-corrected chi connectivity index (χ1v) is 7.21. The highest BCUT2D eigenvalue weighted by atomic mass is 15.3. The molecule has 0 unspecified atom stereocenters. The van der Waals surface area contributed by atoms with Crippen LogP contribution in [0.2, 0.25) is 0 Å². The van der Waals surface area contributed by atoms with E-state index >= 15 is 0 Å². The maximum Gasteiger partial charge on any atom is 0.211 e. The zero-order chi connectivity index (χ0) is 16.8. The van der Waals surface area contributed by atoms with Crippen molar-refractivity contribution in [3.8, 4) is 0 Å². The molecule has 2 aromatic carbocycles. The normalized spacial score (nSPS) is 11.8. The SMILES string of the molecule is NC(N)=N/N=C(/N=Nc1ccccc1)c1cccc2cccnc12. The Morgan fingerprint density at radius 3 is 2.42 bits per heavy atom. The summed E-state index contributed by atoms with van der Waals surface area (Å²) in [4.78, 5) is 4.39. The number of guanidine groups is 1. The Morgan fingerprint density at radius 1 is 0.833 bits per heavy atom. The third kappa shape index (κ3) is 3.58. The van der Waals surface area contributed by atoms with E-state index in [4.69, 9.17) is 11.5 Å². The Morgan fingerprint density at radius 2 is 1.62 bits per heavy atom. The molecule has 3 rings (SSSR count). The topological polar surface area (TPSA) is 114 Å². The number of hydrogen-bond donors (Lipinski definition) is 2. The summed E-state index contributed by atoms with van der Waals surface area (Å²) in [6, 6.07) is 18.8. The fourth-order valence-corrected chi connectivity index (χ4v) is 2.12. The molecule has 1 heterocycles. The van der Waals surface area contributed by atoms with E-state index in [2.05, 4.69) is 25.4 Å². The van der Waals surface area contributed by atoms with Gasteiger partial charge in [-0.05, 0) is 24.3 Å². The lowest BCUT2D eigenvalue weighted by molar-refractivity contribution is 1.16. The minimum atomic E-state index is -0.157. The number of azo groups is 1. The van der Waals surface area contributed by atoms with Crippen molar-refractivity contribution in [3.05, 3.63) is 72.4 Å². The third-order valence-electron chi connectivity index (χ3n) is 3.15. The van der Waals surface area contributed by atoms with Crippen LogP contribution in [0, 0.1) is 0 Å². The lowest BCUT2D eigenvalue weighted by Crippen LogP contribution is -2.22. The minimum absolute atomic E-state index is 0.157. The maximum absolute atomic E-state index is 5.37. The molecule has 0 saturated carbocycles. The van der Waals surface area contributed by atoms with Crippen LogP contribution in [0.1, 0.15) is 5.56 Å².